The highest BCUT2D eigenvalue weighted by Crippen LogP contribution is 2.29. The third kappa shape index (κ3) is 3.61. The molecule has 0 aliphatic heterocycles. The summed E-state index contributed by atoms with van der Waals surface area (Å²) >= 11 is 0. The normalized spacial score (nSPS) is 30.3. The van der Waals surface area contributed by atoms with E-state index in [1.54, 1.807) is 6.26 Å². The van der Waals surface area contributed by atoms with Gasteiger partial charge in [-0.25, -0.2) is 0 Å². The monoisotopic (exact) mass is 249 g/mol. The molecule has 1 aliphatic rings. The molecule has 0 bridgehead atoms. The molecule has 0 saturated heterocycles. The zero-order valence-corrected chi connectivity index (χ0v) is 12.0. The molecule has 1 aromatic rings. The summed E-state index contributed by atoms with van der Waals surface area (Å²) in [6, 6.07) is 5.32. The SMILES string of the molecule is CC(CCc1ccco1)NC1CCCC(C)C1C. The van der Waals surface area contributed by atoms with Gasteiger partial charge in [-0.3, -0.25) is 0 Å². The Balaban J connectivity index is 1.74. The zero-order chi connectivity index (χ0) is 13.0. The fourth-order valence-electron chi connectivity index (χ4n) is 3.08. The van der Waals surface area contributed by atoms with Crippen LogP contribution in [0.3, 0.4) is 0 Å². The topological polar surface area (TPSA) is 25.2 Å². The fourth-order valence-corrected chi connectivity index (χ4v) is 3.08. The van der Waals surface area contributed by atoms with E-state index < -0.39 is 0 Å². The third-order valence-corrected chi connectivity index (χ3v) is 4.61. The van der Waals surface area contributed by atoms with Crippen molar-refractivity contribution in [1.82, 2.24) is 5.32 Å². The van der Waals surface area contributed by atoms with Crippen molar-refractivity contribution in [3.63, 3.8) is 0 Å². The minimum absolute atomic E-state index is 0.577. The van der Waals surface area contributed by atoms with Gasteiger partial charge in [-0.15, -0.1) is 0 Å². The van der Waals surface area contributed by atoms with Gasteiger partial charge < -0.3 is 9.73 Å². The minimum atomic E-state index is 0.577. The number of hydrogen-bond acceptors (Lipinski definition) is 2. The number of rotatable bonds is 5. The smallest absolute Gasteiger partial charge is 0.103 e. The molecular weight excluding hydrogens is 222 g/mol. The summed E-state index contributed by atoms with van der Waals surface area (Å²) in [6.45, 7) is 7.10. The Hall–Kier alpha value is -0.760. The first-order chi connectivity index (χ1) is 8.66. The van der Waals surface area contributed by atoms with Gasteiger partial charge in [0.05, 0.1) is 6.26 Å². The third-order valence-electron chi connectivity index (χ3n) is 4.61. The highest BCUT2D eigenvalue weighted by Gasteiger charge is 2.27. The van der Waals surface area contributed by atoms with E-state index in [1.165, 1.54) is 19.3 Å². The molecule has 18 heavy (non-hydrogen) atoms. The molecule has 1 heterocycles. The lowest BCUT2D eigenvalue weighted by atomic mass is 9.78. The summed E-state index contributed by atoms with van der Waals surface area (Å²) in [5, 5.41) is 3.82. The van der Waals surface area contributed by atoms with Crippen LogP contribution in [0.15, 0.2) is 22.8 Å². The van der Waals surface area contributed by atoms with Gasteiger partial charge in [0.15, 0.2) is 0 Å². The molecule has 102 valence electrons. The van der Waals surface area contributed by atoms with Crippen LogP contribution in [0.2, 0.25) is 0 Å². The summed E-state index contributed by atoms with van der Waals surface area (Å²) in [5.41, 5.74) is 0. The van der Waals surface area contributed by atoms with Crippen molar-refractivity contribution in [3.8, 4) is 0 Å². The van der Waals surface area contributed by atoms with Gasteiger partial charge in [-0.1, -0.05) is 26.7 Å². The van der Waals surface area contributed by atoms with Crippen LogP contribution >= 0.6 is 0 Å². The molecule has 0 spiro atoms. The van der Waals surface area contributed by atoms with Gasteiger partial charge in [0.1, 0.15) is 5.76 Å². The van der Waals surface area contributed by atoms with E-state index in [4.69, 9.17) is 4.42 Å². The number of nitrogens with one attached hydrogen (secondary N) is 1. The molecule has 0 radical (unpaired) electrons. The number of aryl methyl sites for hydroxylation is 1. The molecule has 2 heteroatoms. The molecule has 0 aromatic carbocycles. The first-order valence-electron chi connectivity index (χ1n) is 7.45. The van der Waals surface area contributed by atoms with Gasteiger partial charge in [-0.2, -0.15) is 0 Å². The quantitative estimate of drug-likeness (QED) is 0.852. The molecule has 1 fully saturated rings. The Bertz CT molecular complexity index is 333. The van der Waals surface area contributed by atoms with Crippen LogP contribution in [0.1, 0.15) is 52.2 Å². The van der Waals surface area contributed by atoms with Crippen LogP contribution in [0, 0.1) is 11.8 Å². The summed E-state index contributed by atoms with van der Waals surface area (Å²) in [5.74, 6) is 2.78. The van der Waals surface area contributed by atoms with Gasteiger partial charge >= 0.3 is 0 Å². The van der Waals surface area contributed by atoms with Gasteiger partial charge in [-0.05, 0) is 43.7 Å². The lowest BCUT2D eigenvalue weighted by Crippen LogP contribution is -2.44. The summed E-state index contributed by atoms with van der Waals surface area (Å²) in [4.78, 5) is 0. The largest absolute Gasteiger partial charge is 0.469 e. The Kier molecular flexibility index (Phi) is 4.87. The second-order valence-corrected chi connectivity index (χ2v) is 6.06. The maximum Gasteiger partial charge on any atom is 0.103 e. The van der Waals surface area contributed by atoms with Crippen molar-refractivity contribution < 1.29 is 4.42 Å². The predicted octanol–water partition coefficient (Wildman–Crippen LogP) is 4.02. The Morgan fingerprint density at radius 2 is 2.22 bits per heavy atom. The molecule has 4 unspecified atom stereocenters. The van der Waals surface area contributed by atoms with E-state index >= 15 is 0 Å². The number of furan rings is 1. The Morgan fingerprint density at radius 3 is 2.94 bits per heavy atom. The van der Waals surface area contributed by atoms with E-state index in [0.29, 0.717) is 12.1 Å². The van der Waals surface area contributed by atoms with Crippen molar-refractivity contribution in [3.05, 3.63) is 24.2 Å². The van der Waals surface area contributed by atoms with Crippen molar-refractivity contribution >= 4 is 0 Å². The Labute approximate surface area is 111 Å². The van der Waals surface area contributed by atoms with E-state index in [2.05, 4.69) is 32.2 Å². The van der Waals surface area contributed by atoms with Crippen LogP contribution in [0.4, 0.5) is 0 Å². The lowest BCUT2D eigenvalue weighted by Gasteiger charge is -2.36. The molecular formula is C16H27NO. The van der Waals surface area contributed by atoms with Crippen molar-refractivity contribution in [2.24, 2.45) is 11.8 Å². The summed E-state index contributed by atoms with van der Waals surface area (Å²) in [7, 11) is 0. The average molecular weight is 249 g/mol. The van der Waals surface area contributed by atoms with E-state index in [9.17, 15) is 0 Å². The van der Waals surface area contributed by atoms with Crippen LogP contribution < -0.4 is 5.32 Å². The molecule has 1 N–H and O–H groups in total. The predicted molar refractivity (Wildman–Crippen MR) is 75.6 cm³/mol. The second-order valence-electron chi connectivity index (χ2n) is 6.06. The van der Waals surface area contributed by atoms with E-state index in [-0.39, 0.29) is 0 Å². The van der Waals surface area contributed by atoms with Crippen LogP contribution in [0.5, 0.6) is 0 Å². The van der Waals surface area contributed by atoms with Gasteiger partial charge in [0.25, 0.3) is 0 Å². The molecule has 1 aliphatic carbocycles. The average Bonchev–Trinajstić information content (AvgIpc) is 2.86. The van der Waals surface area contributed by atoms with E-state index in [1.807, 2.05) is 6.07 Å². The van der Waals surface area contributed by atoms with Crippen LogP contribution in [0.25, 0.3) is 0 Å². The second kappa shape index (κ2) is 6.42. The van der Waals surface area contributed by atoms with Gasteiger partial charge in [0, 0.05) is 18.5 Å². The number of hydrogen-bond donors (Lipinski definition) is 1. The van der Waals surface area contributed by atoms with Crippen molar-refractivity contribution in [2.45, 2.75) is 65.0 Å². The molecule has 4 atom stereocenters. The molecule has 1 aromatic heterocycles. The maximum atomic E-state index is 5.38. The van der Waals surface area contributed by atoms with E-state index in [0.717, 1.165) is 30.4 Å². The lowest BCUT2D eigenvalue weighted by molar-refractivity contribution is 0.193. The van der Waals surface area contributed by atoms with Crippen molar-refractivity contribution in [2.75, 3.05) is 0 Å². The highest BCUT2D eigenvalue weighted by molar-refractivity contribution is 4.98. The minimum Gasteiger partial charge on any atom is -0.469 e. The van der Waals surface area contributed by atoms with Crippen LogP contribution in [-0.4, -0.2) is 12.1 Å². The maximum absolute atomic E-state index is 5.38. The molecule has 1 saturated carbocycles. The van der Waals surface area contributed by atoms with Crippen molar-refractivity contribution in [1.29, 1.82) is 0 Å². The Morgan fingerprint density at radius 1 is 1.39 bits per heavy atom. The first kappa shape index (κ1) is 13.7. The van der Waals surface area contributed by atoms with Crippen LogP contribution in [-0.2, 0) is 6.42 Å². The highest BCUT2D eigenvalue weighted by atomic mass is 16.3. The first-order valence-corrected chi connectivity index (χ1v) is 7.45. The molecule has 0 amide bonds. The fraction of sp³-hybridized carbons (Fsp3) is 0.750. The molecule has 2 nitrogen and oxygen atoms in total. The summed E-state index contributed by atoms with van der Waals surface area (Å²) < 4.78 is 5.38. The zero-order valence-electron chi connectivity index (χ0n) is 12.0. The molecule has 2 rings (SSSR count). The van der Waals surface area contributed by atoms with Gasteiger partial charge in [0.2, 0.25) is 0 Å². The standard InChI is InChI=1S/C16H27NO/c1-12-6-4-8-16(14(12)3)17-13(2)9-10-15-7-5-11-18-15/h5,7,11-14,16-17H,4,6,8-10H2,1-3H3. The summed E-state index contributed by atoms with van der Waals surface area (Å²) in [6.07, 6.45) is 8.09.